The molecule has 0 saturated carbocycles. The van der Waals surface area contributed by atoms with Crippen LogP contribution in [-0.4, -0.2) is 23.0 Å². The molecule has 1 unspecified atom stereocenters. The molecule has 1 N–H and O–H groups in total. The SMILES string of the molecule is CCC1(C)CSC(=NCC(C)(C)c2cccs2)N1. The molecule has 1 saturated heterocycles. The molecule has 1 aromatic rings. The third-order valence-corrected chi connectivity index (χ3v) is 6.04. The largest absolute Gasteiger partial charge is 0.359 e. The summed E-state index contributed by atoms with van der Waals surface area (Å²) in [5, 5.41) is 6.81. The average Bonchev–Trinajstić information content (AvgIpc) is 2.97. The summed E-state index contributed by atoms with van der Waals surface area (Å²) in [5.41, 5.74) is 0.366. The normalized spacial score (nSPS) is 26.6. The lowest BCUT2D eigenvalue weighted by Crippen LogP contribution is -2.40. The van der Waals surface area contributed by atoms with E-state index in [0.29, 0.717) is 0 Å². The van der Waals surface area contributed by atoms with E-state index in [9.17, 15) is 0 Å². The lowest BCUT2D eigenvalue weighted by atomic mass is 9.92. The van der Waals surface area contributed by atoms with Crippen molar-refractivity contribution in [3.8, 4) is 0 Å². The second kappa shape index (κ2) is 5.25. The molecule has 100 valence electrons. The molecule has 1 aromatic heterocycles. The summed E-state index contributed by atoms with van der Waals surface area (Å²) in [6, 6.07) is 4.32. The van der Waals surface area contributed by atoms with Gasteiger partial charge in [-0.3, -0.25) is 4.99 Å². The minimum absolute atomic E-state index is 0.134. The number of thiophene rings is 1. The fourth-order valence-corrected chi connectivity index (χ4v) is 3.90. The zero-order chi connectivity index (χ0) is 13.2. The molecule has 2 rings (SSSR count). The van der Waals surface area contributed by atoms with Gasteiger partial charge in [-0.25, -0.2) is 0 Å². The first-order valence-electron chi connectivity index (χ1n) is 6.45. The van der Waals surface area contributed by atoms with Gasteiger partial charge in [-0.05, 0) is 24.8 Å². The van der Waals surface area contributed by atoms with Crippen molar-refractivity contribution in [3.63, 3.8) is 0 Å². The maximum atomic E-state index is 4.77. The summed E-state index contributed by atoms with van der Waals surface area (Å²) in [7, 11) is 0. The predicted molar refractivity (Wildman–Crippen MR) is 83.9 cm³/mol. The van der Waals surface area contributed by atoms with Crippen molar-refractivity contribution in [1.29, 1.82) is 0 Å². The summed E-state index contributed by atoms with van der Waals surface area (Å²) in [4.78, 5) is 6.18. The second-order valence-corrected chi connectivity index (χ2v) is 7.72. The third-order valence-electron chi connectivity index (χ3n) is 3.52. The summed E-state index contributed by atoms with van der Waals surface area (Å²) < 4.78 is 0. The van der Waals surface area contributed by atoms with Crippen LogP contribution in [0, 0.1) is 0 Å². The van der Waals surface area contributed by atoms with Gasteiger partial charge < -0.3 is 5.32 Å². The van der Waals surface area contributed by atoms with Crippen LogP contribution in [0.2, 0.25) is 0 Å². The van der Waals surface area contributed by atoms with Crippen LogP contribution in [-0.2, 0) is 5.41 Å². The fraction of sp³-hybridized carbons (Fsp3) is 0.643. The molecule has 1 aliphatic heterocycles. The molecule has 0 amide bonds. The Morgan fingerprint density at radius 2 is 2.28 bits per heavy atom. The lowest BCUT2D eigenvalue weighted by Gasteiger charge is -2.22. The second-order valence-electron chi connectivity index (χ2n) is 5.81. The number of rotatable bonds is 4. The number of amidine groups is 1. The van der Waals surface area contributed by atoms with Crippen molar-refractivity contribution in [2.24, 2.45) is 4.99 Å². The van der Waals surface area contributed by atoms with Gasteiger partial charge in [0.05, 0.1) is 6.54 Å². The lowest BCUT2D eigenvalue weighted by molar-refractivity contribution is 0.464. The van der Waals surface area contributed by atoms with Crippen molar-refractivity contribution >= 4 is 28.3 Å². The Morgan fingerprint density at radius 3 is 2.83 bits per heavy atom. The smallest absolute Gasteiger partial charge is 0.157 e. The van der Waals surface area contributed by atoms with Crippen LogP contribution in [0.3, 0.4) is 0 Å². The van der Waals surface area contributed by atoms with Crippen LogP contribution in [0.1, 0.15) is 39.0 Å². The monoisotopic (exact) mass is 282 g/mol. The number of thioether (sulfide) groups is 1. The van der Waals surface area contributed by atoms with Gasteiger partial charge in [0.25, 0.3) is 0 Å². The maximum Gasteiger partial charge on any atom is 0.157 e. The third kappa shape index (κ3) is 3.09. The highest BCUT2D eigenvalue weighted by Crippen LogP contribution is 2.30. The Balaban J connectivity index is 2.00. The van der Waals surface area contributed by atoms with Crippen LogP contribution >= 0.6 is 23.1 Å². The van der Waals surface area contributed by atoms with E-state index >= 15 is 0 Å². The Labute approximate surface area is 118 Å². The van der Waals surface area contributed by atoms with Gasteiger partial charge in [0, 0.05) is 21.6 Å². The number of nitrogens with zero attached hydrogens (tertiary/aromatic N) is 1. The predicted octanol–water partition coefficient (Wildman–Crippen LogP) is 3.89. The van der Waals surface area contributed by atoms with Crippen LogP contribution < -0.4 is 5.32 Å². The summed E-state index contributed by atoms with van der Waals surface area (Å²) in [6.07, 6.45) is 1.15. The molecule has 0 radical (unpaired) electrons. The highest BCUT2D eigenvalue weighted by Gasteiger charge is 2.31. The fourth-order valence-electron chi connectivity index (χ4n) is 1.84. The van der Waals surface area contributed by atoms with Crippen LogP contribution in [0.25, 0.3) is 0 Å². The Morgan fingerprint density at radius 1 is 1.50 bits per heavy atom. The molecule has 4 heteroatoms. The quantitative estimate of drug-likeness (QED) is 0.906. The van der Waals surface area contributed by atoms with Gasteiger partial charge in [-0.2, -0.15) is 0 Å². The minimum Gasteiger partial charge on any atom is -0.359 e. The molecule has 18 heavy (non-hydrogen) atoms. The van der Waals surface area contributed by atoms with Gasteiger partial charge in [-0.1, -0.05) is 38.6 Å². The van der Waals surface area contributed by atoms with E-state index in [1.54, 1.807) is 0 Å². The van der Waals surface area contributed by atoms with Crippen molar-refractivity contribution in [2.75, 3.05) is 12.3 Å². The van der Waals surface area contributed by atoms with E-state index < -0.39 is 0 Å². The summed E-state index contributed by atoms with van der Waals surface area (Å²) in [6.45, 7) is 9.88. The average molecular weight is 282 g/mol. The molecule has 1 atom stereocenters. The van der Waals surface area contributed by atoms with E-state index in [1.165, 1.54) is 4.88 Å². The standard InChI is InChI=1S/C14H22N2S2/c1-5-14(4)10-18-12(16-14)15-9-13(2,3)11-7-6-8-17-11/h6-8H,5,9-10H2,1-4H3,(H,15,16). The molecule has 0 aromatic carbocycles. The van der Waals surface area contributed by atoms with Gasteiger partial charge in [0.15, 0.2) is 5.17 Å². The van der Waals surface area contributed by atoms with E-state index in [4.69, 9.17) is 4.99 Å². The summed E-state index contributed by atoms with van der Waals surface area (Å²) >= 11 is 3.67. The van der Waals surface area contributed by atoms with Crippen LogP contribution in [0.15, 0.2) is 22.5 Å². The van der Waals surface area contributed by atoms with Crippen molar-refractivity contribution in [2.45, 2.75) is 45.1 Å². The Kier molecular flexibility index (Phi) is 4.07. The van der Waals surface area contributed by atoms with Gasteiger partial charge >= 0.3 is 0 Å². The first kappa shape index (κ1) is 13.9. The molecule has 1 aliphatic rings. The molecule has 0 aliphatic carbocycles. The molecular formula is C14H22N2S2. The molecule has 0 bridgehead atoms. The van der Waals surface area contributed by atoms with Crippen LogP contribution in [0.4, 0.5) is 0 Å². The molecule has 1 fully saturated rings. The van der Waals surface area contributed by atoms with Crippen LogP contribution in [0.5, 0.6) is 0 Å². The first-order chi connectivity index (χ1) is 8.45. The van der Waals surface area contributed by atoms with Crippen molar-refractivity contribution < 1.29 is 0 Å². The number of hydrogen-bond donors (Lipinski definition) is 1. The topological polar surface area (TPSA) is 24.4 Å². The zero-order valence-electron chi connectivity index (χ0n) is 11.6. The number of aliphatic imine (C=N–C) groups is 1. The van der Waals surface area contributed by atoms with E-state index in [2.05, 4.69) is 50.5 Å². The Bertz CT molecular complexity index is 423. The molecule has 0 spiro atoms. The first-order valence-corrected chi connectivity index (χ1v) is 8.31. The van der Waals surface area contributed by atoms with Gasteiger partial charge in [-0.15, -0.1) is 11.3 Å². The van der Waals surface area contributed by atoms with Gasteiger partial charge in [0.2, 0.25) is 0 Å². The van der Waals surface area contributed by atoms with Crippen molar-refractivity contribution in [1.82, 2.24) is 5.32 Å². The summed E-state index contributed by atoms with van der Waals surface area (Å²) in [5.74, 6) is 1.13. The maximum absolute atomic E-state index is 4.77. The highest BCUT2D eigenvalue weighted by atomic mass is 32.2. The zero-order valence-corrected chi connectivity index (χ0v) is 13.3. The van der Waals surface area contributed by atoms with E-state index in [1.807, 2.05) is 23.1 Å². The van der Waals surface area contributed by atoms with E-state index in [0.717, 1.165) is 23.9 Å². The molecular weight excluding hydrogens is 260 g/mol. The Hall–Kier alpha value is -0.480. The van der Waals surface area contributed by atoms with E-state index in [-0.39, 0.29) is 11.0 Å². The molecule has 2 nitrogen and oxygen atoms in total. The highest BCUT2D eigenvalue weighted by molar-refractivity contribution is 8.14. The van der Waals surface area contributed by atoms with Gasteiger partial charge in [0.1, 0.15) is 0 Å². The van der Waals surface area contributed by atoms with Crippen molar-refractivity contribution in [3.05, 3.63) is 22.4 Å². The minimum atomic E-state index is 0.134. The number of hydrogen-bond acceptors (Lipinski definition) is 3. The number of nitrogens with one attached hydrogen (secondary N) is 1. The molecule has 2 heterocycles.